The third kappa shape index (κ3) is 3.46. The lowest BCUT2D eigenvalue weighted by Gasteiger charge is -2.34. The molecule has 0 amide bonds. The quantitative estimate of drug-likeness (QED) is 0.626. The normalized spacial score (nSPS) is 22.7. The van der Waals surface area contributed by atoms with Crippen molar-refractivity contribution >= 4 is 21.6 Å². The van der Waals surface area contributed by atoms with Gasteiger partial charge in [0.2, 0.25) is 0 Å². The van der Waals surface area contributed by atoms with Crippen molar-refractivity contribution in [3.63, 3.8) is 0 Å². The van der Waals surface area contributed by atoms with Crippen LogP contribution in [-0.4, -0.2) is 16.8 Å². The van der Waals surface area contributed by atoms with Gasteiger partial charge in [-0.15, -0.1) is 0 Å². The lowest BCUT2D eigenvalue weighted by molar-refractivity contribution is -0.0210. The van der Waals surface area contributed by atoms with Crippen molar-refractivity contribution in [2.24, 2.45) is 10.2 Å². The highest BCUT2D eigenvalue weighted by Crippen LogP contribution is 2.33. The van der Waals surface area contributed by atoms with Crippen LogP contribution in [0.25, 0.3) is 0 Å². The Labute approximate surface area is 128 Å². The summed E-state index contributed by atoms with van der Waals surface area (Å²) >= 11 is 0. The fourth-order valence-corrected chi connectivity index (χ4v) is 3.54. The van der Waals surface area contributed by atoms with Crippen LogP contribution in [0.15, 0.2) is 64.8 Å². The summed E-state index contributed by atoms with van der Waals surface area (Å²) in [7, 11) is 1.02. The first-order chi connectivity index (χ1) is 10.3. The van der Waals surface area contributed by atoms with Crippen molar-refractivity contribution in [1.82, 2.24) is 0 Å². The zero-order valence-corrected chi connectivity index (χ0v) is 14.3. The van der Waals surface area contributed by atoms with E-state index in [1.54, 1.807) is 0 Å². The van der Waals surface area contributed by atoms with E-state index in [9.17, 15) is 0 Å². The molecule has 1 saturated heterocycles. The number of hydrogen-bond donors (Lipinski definition) is 0. The molecular weight excluding hydrogens is 276 g/mol. The zero-order chi connectivity index (χ0) is 14.5. The number of hydrogen-bond acceptors (Lipinski definition) is 3. The monoisotopic (exact) mass is 296 g/mol. The highest BCUT2D eigenvalue weighted by atomic mass is 28.1. The lowest BCUT2D eigenvalue weighted by atomic mass is 10.00. The van der Waals surface area contributed by atoms with Gasteiger partial charge in [-0.1, -0.05) is 30.3 Å². The van der Waals surface area contributed by atoms with Gasteiger partial charge in [0, 0.05) is 16.8 Å². The third-order valence-electron chi connectivity index (χ3n) is 3.98. The second-order valence-corrected chi connectivity index (χ2v) is 7.23. The molecule has 0 aromatic heterocycles. The van der Waals surface area contributed by atoms with E-state index in [-0.39, 0.29) is 5.22 Å². The Hall–Kier alpha value is -1.78. The summed E-state index contributed by atoms with van der Waals surface area (Å²) in [6.45, 7) is 0.888. The SMILES string of the molecule is [SiH3]C1(c2ccc(N=Nc3ccccc3)cc2)CCCCO1. The number of nitrogens with zero attached hydrogens (tertiary/aromatic N) is 2. The first kappa shape index (κ1) is 14.2. The highest BCUT2D eigenvalue weighted by molar-refractivity contribution is 6.14. The minimum absolute atomic E-state index is 0.00659. The lowest BCUT2D eigenvalue weighted by Crippen LogP contribution is -2.33. The average Bonchev–Trinajstić information content (AvgIpc) is 2.55. The van der Waals surface area contributed by atoms with Gasteiger partial charge in [0.05, 0.1) is 16.6 Å². The second-order valence-electron chi connectivity index (χ2n) is 5.62. The van der Waals surface area contributed by atoms with E-state index in [4.69, 9.17) is 4.74 Å². The van der Waals surface area contributed by atoms with Crippen LogP contribution in [0.3, 0.4) is 0 Å². The molecule has 1 heterocycles. The molecule has 3 rings (SSSR count). The van der Waals surface area contributed by atoms with Crippen LogP contribution in [0.5, 0.6) is 0 Å². The highest BCUT2D eigenvalue weighted by Gasteiger charge is 2.29. The van der Waals surface area contributed by atoms with Gasteiger partial charge >= 0.3 is 0 Å². The molecular formula is C17H20N2OSi. The molecule has 0 aliphatic carbocycles. The fraction of sp³-hybridized carbons (Fsp3) is 0.294. The predicted octanol–water partition coefficient (Wildman–Crippen LogP) is 3.82. The number of benzene rings is 2. The largest absolute Gasteiger partial charge is 0.375 e. The minimum Gasteiger partial charge on any atom is -0.375 e. The molecule has 0 spiro atoms. The Kier molecular flexibility index (Phi) is 4.27. The second kappa shape index (κ2) is 6.33. The van der Waals surface area contributed by atoms with Crippen molar-refractivity contribution in [3.05, 3.63) is 60.2 Å². The Bertz CT molecular complexity index is 604. The molecule has 1 atom stereocenters. The summed E-state index contributed by atoms with van der Waals surface area (Å²) in [4.78, 5) is 0. The van der Waals surface area contributed by atoms with Gasteiger partial charge in [-0.05, 0) is 49.1 Å². The molecule has 0 bridgehead atoms. The Morgan fingerprint density at radius 2 is 1.52 bits per heavy atom. The topological polar surface area (TPSA) is 34.0 Å². The van der Waals surface area contributed by atoms with Gasteiger partial charge in [0.25, 0.3) is 0 Å². The van der Waals surface area contributed by atoms with Crippen molar-refractivity contribution < 1.29 is 4.74 Å². The minimum atomic E-state index is -0.00659. The summed E-state index contributed by atoms with van der Waals surface area (Å²) in [6, 6.07) is 18.1. The molecule has 1 fully saturated rings. The first-order valence-corrected chi connectivity index (χ1v) is 8.48. The van der Waals surface area contributed by atoms with E-state index in [1.165, 1.54) is 18.4 Å². The molecule has 1 aliphatic heterocycles. The predicted molar refractivity (Wildman–Crippen MR) is 88.5 cm³/mol. The molecule has 21 heavy (non-hydrogen) atoms. The Morgan fingerprint density at radius 3 is 2.14 bits per heavy atom. The van der Waals surface area contributed by atoms with Crippen LogP contribution in [0.4, 0.5) is 11.4 Å². The van der Waals surface area contributed by atoms with Gasteiger partial charge in [-0.2, -0.15) is 10.2 Å². The van der Waals surface area contributed by atoms with Gasteiger partial charge < -0.3 is 4.74 Å². The van der Waals surface area contributed by atoms with E-state index in [0.29, 0.717) is 0 Å². The average molecular weight is 296 g/mol. The standard InChI is InChI=1S/C17H20N2OSi/c21-17(12-4-5-13-20-17)14-8-10-16(11-9-14)19-18-15-6-2-1-3-7-15/h1-3,6-11H,4-5,12-13H2,21H3. The van der Waals surface area contributed by atoms with E-state index in [0.717, 1.165) is 34.6 Å². The van der Waals surface area contributed by atoms with E-state index in [1.807, 2.05) is 42.5 Å². The fourth-order valence-electron chi connectivity index (χ4n) is 2.65. The molecule has 0 N–H and O–H groups in total. The maximum Gasteiger partial charge on any atom is 0.0857 e. The number of azo groups is 1. The smallest absolute Gasteiger partial charge is 0.0857 e. The van der Waals surface area contributed by atoms with Crippen molar-refractivity contribution in [3.8, 4) is 0 Å². The summed E-state index contributed by atoms with van der Waals surface area (Å²) in [5, 5.41) is 8.51. The Morgan fingerprint density at radius 1 is 0.857 bits per heavy atom. The van der Waals surface area contributed by atoms with E-state index in [2.05, 4.69) is 22.4 Å². The maximum absolute atomic E-state index is 6.03. The van der Waals surface area contributed by atoms with Gasteiger partial charge in [0.1, 0.15) is 0 Å². The van der Waals surface area contributed by atoms with Crippen molar-refractivity contribution in [2.75, 3.05) is 6.61 Å². The zero-order valence-electron chi connectivity index (χ0n) is 12.3. The number of ether oxygens (including phenoxy) is 1. The summed E-state index contributed by atoms with van der Waals surface area (Å²) < 4.78 is 6.03. The van der Waals surface area contributed by atoms with Crippen LogP contribution in [0.1, 0.15) is 24.8 Å². The van der Waals surface area contributed by atoms with Crippen LogP contribution >= 0.6 is 0 Å². The molecule has 1 unspecified atom stereocenters. The molecule has 2 aromatic rings. The van der Waals surface area contributed by atoms with Gasteiger partial charge in [-0.3, -0.25) is 0 Å². The summed E-state index contributed by atoms with van der Waals surface area (Å²) in [5.41, 5.74) is 3.03. The summed E-state index contributed by atoms with van der Waals surface area (Å²) in [6.07, 6.45) is 3.59. The molecule has 0 saturated carbocycles. The first-order valence-electron chi connectivity index (χ1n) is 7.48. The molecule has 3 nitrogen and oxygen atoms in total. The van der Waals surface area contributed by atoms with Crippen LogP contribution in [-0.2, 0) is 9.96 Å². The van der Waals surface area contributed by atoms with Crippen molar-refractivity contribution in [1.29, 1.82) is 0 Å². The molecule has 2 aromatic carbocycles. The van der Waals surface area contributed by atoms with E-state index < -0.39 is 0 Å². The van der Waals surface area contributed by atoms with E-state index >= 15 is 0 Å². The van der Waals surface area contributed by atoms with Crippen molar-refractivity contribution in [2.45, 2.75) is 24.5 Å². The van der Waals surface area contributed by atoms with Crippen LogP contribution in [0, 0.1) is 0 Å². The molecule has 1 aliphatic rings. The van der Waals surface area contributed by atoms with Crippen LogP contribution in [0.2, 0.25) is 0 Å². The third-order valence-corrected chi connectivity index (χ3v) is 5.35. The van der Waals surface area contributed by atoms with Gasteiger partial charge in [-0.25, -0.2) is 0 Å². The molecule has 4 heteroatoms. The summed E-state index contributed by atoms with van der Waals surface area (Å²) in [5.74, 6) is 0. The molecule has 0 radical (unpaired) electrons. The van der Waals surface area contributed by atoms with Gasteiger partial charge in [0.15, 0.2) is 0 Å². The van der Waals surface area contributed by atoms with Crippen LogP contribution < -0.4 is 0 Å². The maximum atomic E-state index is 6.03. The number of rotatable bonds is 3. The molecule has 108 valence electrons. The Balaban J connectivity index is 1.73.